The van der Waals surface area contributed by atoms with E-state index in [2.05, 4.69) is 98.9 Å². The van der Waals surface area contributed by atoms with Gasteiger partial charge in [-0.25, -0.2) is 9.98 Å². The summed E-state index contributed by atoms with van der Waals surface area (Å²) in [5, 5.41) is 3.74. The molecule has 0 amide bonds. The molecule has 1 saturated heterocycles. The molecule has 7 heteroatoms. The van der Waals surface area contributed by atoms with E-state index in [0.717, 1.165) is 79.1 Å². The number of likely N-dealkylation sites (N-methyl/N-ethyl adjacent to an activating group) is 1. The van der Waals surface area contributed by atoms with Crippen LogP contribution in [0.15, 0.2) is 94.9 Å². The smallest absolute Gasteiger partial charge is 0.225 e. The number of aliphatic imine (C=N–C) groups is 2. The lowest BCUT2D eigenvalue weighted by atomic mass is 9.81. The predicted molar refractivity (Wildman–Crippen MR) is 154 cm³/mol. The minimum atomic E-state index is -0.102. The number of anilines is 1. The van der Waals surface area contributed by atoms with Crippen LogP contribution in [0.4, 0.5) is 5.69 Å². The fraction of sp³-hybridized carbons (Fsp3) is 0.323. The second-order valence-electron chi connectivity index (χ2n) is 10.6. The minimum Gasteiger partial charge on any atom is -0.301 e. The molecule has 1 aromatic heterocycles. The summed E-state index contributed by atoms with van der Waals surface area (Å²) in [6.07, 6.45) is 13.5. The molecule has 3 aliphatic heterocycles. The van der Waals surface area contributed by atoms with Gasteiger partial charge in [-0.2, -0.15) is 5.01 Å². The van der Waals surface area contributed by atoms with Crippen LogP contribution in [0.3, 0.4) is 0 Å². The first kappa shape index (κ1) is 23.5. The normalized spacial score (nSPS) is 24.3. The number of pyridine rings is 1. The highest BCUT2D eigenvalue weighted by molar-refractivity contribution is 5.86. The average Bonchev–Trinajstić information content (AvgIpc) is 3.39. The average molecular weight is 505 g/mol. The van der Waals surface area contributed by atoms with Gasteiger partial charge in [-0.1, -0.05) is 49.4 Å². The minimum absolute atomic E-state index is 0.102. The van der Waals surface area contributed by atoms with E-state index in [-0.39, 0.29) is 5.66 Å². The van der Waals surface area contributed by atoms with Crippen molar-refractivity contribution >= 4 is 29.1 Å². The predicted octanol–water partition coefficient (Wildman–Crippen LogP) is 5.40. The number of fused-ring (bicyclic) bond motifs is 2. The number of aromatic nitrogens is 1. The Hall–Kier alpha value is -3.65. The Morgan fingerprint density at radius 1 is 0.947 bits per heavy atom. The van der Waals surface area contributed by atoms with Crippen LogP contribution in [0, 0.1) is 0 Å². The molecule has 1 aliphatic carbocycles. The van der Waals surface area contributed by atoms with Crippen molar-refractivity contribution in [3.05, 3.63) is 85.0 Å². The van der Waals surface area contributed by atoms with E-state index < -0.39 is 0 Å². The van der Waals surface area contributed by atoms with Gasteiger partial charge in [0.05, 0.1) is 35.5 Å². The van der Waals surface area contributed by atoms with Gasteiger partial charge in [0.15, 0.2) is 6.20 Å². The van der Waals surface area contributed by atoms with Gasteiger partial charge in [0.1, 0.15) is 5.66 Å². The van der Waals surface area contributed by atoms with E-state index in [1.165, 1.54) is 6.42 Å². The molecule has 0 N–H and O–H groups in total. The molecule has 0 bridgehead atoms. The standard InChI is InChI=1S/C31H34N7/c1-2-35-16-18-36(19-17-35)31(13-6-14-31)37(38-20-15-32-22-28(38)23-33-24-38)27-11-9-26-10-12-29(34-30(26)21-27)25-7-4-3-5-8-25/h3-5,7-12,15,20-24H,2,6,13-14,16-19H2,1H3/q+1. The van der Waals surface area contributed by atoms with Crippen molar-refractivity contribution in [2.45, 2.75) is 31.8 Å². The van der Waals surface area contributed by atoms with Crippen LogP contribution < -0.4 is 5.01 Å². The first-order valence-electron chi connectivity index (χ1n) is 13.8. The van der Waals surface area contributed by atoms with Crippen molar-refractivity contribution in [2.24, 2.45) is 9.98 Å². The van der Waals surface area contributed by atoms with Gasteiger partial charge in [-0.05, 0) is 44.0 Å². The zero-order valence-corrected chi connectivity index (χ0v) is 21.9. The number of nitrogens with zero attached hydrogens (tertiary/aromatic N) is 7. The molecule has 4 aliphatic rings. The van der Waals surface area contributed by atoms with Crippen molar-refractivity contribution < 1.29 is 4.59 Å². The number of benzene rings is 2. The number of quaternary nitrogens is 1. The molecular weight excluding hydrogens is 470 g/mol. The molecule has 192 valence electrons. The maximum absolute atomic E-state index is 5.13. The maximum Gasteiger partial charge on any atom is 0.225 e. The fourth-order valence-electron chi connectivity index (χ4n) is 6.50. The number of hydrogen-bond donors (Lipinski definition) is 0. The molecule has 38 heavy (non-hydrogen) atoms. The van der Waals surface area contributed by atoms with Gasteiger partial charge in [0, 0.05) is 37.1 Å². The summed E-state index contributed by atoms with van der Waals surface area (Å²) in [4.78, 5) is 19.5. The van der Waals surface area contributed by atoms with Crippen LogP contribution in [0.2, 0.25) is 0 Å². The van der Waals surface area contributed by atoms with E-state index >= 15 is 0 Å². The molecule has 0 spiro atoms. The summed E-state index contributed by atoms with van der Waals surface area (Å²) in [6, 6.07) is 21.5. The van der Waals surface area contributed by atoms with E-state index in [9.17, 15) is 0 Å². The summed E-state index contributed by atoms with van der Waals surface area (Å²) in [6.45, 7) is 7.74. The van der Waals surface area contributed by atoms with Crippen LogP contribution in [0.25, 0.3) is 22.2 Å². The Balaban J connectivity index is 1.37. The van der Waals surface area contributed by atoms with Crippen LogP contribution >= 0.6 is 0 Å². The van der Waals surface area contributed by atoms with Crippen LogP contribution in [-0.4, -0.2) is 70.3 Å². The third-order valence-electron chi connectivity index (χ3n) is 8.73. The Labute approximate surface area is 224 Å². The van der Waals surface area contributed by atoms with E-state index in [1.807, 2.05) is 24.7 Å². The number of piperazine rings is 1. The highest BCUT2D eigenvalue weighted by Gasteiger charge is 2.58. The van der Waals surface area contributed by atoms with E-state index in [4.69, 9.17) is 4.98 Å². The lowest BCUT2D eigenvalue weighted by Gasteiger charge is -2.60. The third kappa shape index (κ3) is 3.65. The zero-order valence-electron chi connectivity index (χ0n) is 21.9. The lowest BCUT2D eigenvalue weighted by Crippen LogP contribution is -2.75. The quantitative estimate of drug-likeness (QED) is 0.422. The topological polar surface area (TPSA) is 47.3 Å². The van der Waals surface area contributed by atoms with Crippen molar-refractivity contribution in [1.82, 2.24) is 14.8 Å². The molecular formula is C31H34N7+. The van der Waals surface area contributed by atoms with Crippen molar-refractivity contribution in [2.75, 3.05) is 37.7 Å². The molecule has 1 saturated carbocycles. The monoisotopic (exact) mass is 504 g/mol. The molecule has 7 nitrogen and oxygen atoms in total. The van der Waals surface area contributed by atoms with Gasteiger partial charge in [-0.15, -0.1) is 4.59 Å². The lowest BCUT2D eigenvalue weighted by molar-refractivity contribution is -0.754. The Bertz CT molecular complexity index is 1460. The van der Waals surface area contributed by atoms with E-state index in [1.54, 1.807) is 0 Å². The second-order valence-corrected chi connectivity index (χ2v) is 10.6. The van der Waals surface area contributed by atoms with Crippen LogP contribution in [0.5, 0.6) is 0 Å². The summed E-state index contributed by atoms with van der Waals surface area (Å²) in [7, 11) is 0. The van der Waals surface area contributed by atoms with Crippen LogP contribution in [-0.2, 0) is 0 Å². The summed E-state index contributed by atoms with van der Waals surface area (Å²) in [5.41, 5.74) is 5.26. The molecule has 1 atom stereocenters. The molecule has 4 heterocycles. The molecule has 2 aromatic carbocycles. The summed E-state index contributed by atoms with van der Waals surface area (Å²) in [5.74, 6) is 0. The first-order valence-corrected chi connectivity index (χ1v) is 13.8. The summed E-state index contributed by atoms with van der Waals surface area (Å²) < 4.78 is 0.432. The van der Waals surface area contributed by atoms with Gasteiger partial charge >= 0.3 is 0 Å². The highest BCUT2D eigenvalue weighted by Crippen LogP contribution is 2.49. The molecule has 2 fully saturated rings. The Kier molecular flexibility index (Phi) is 5.73. The van der Waals surface area contributed by atoms with Gasteiger partial charge in [0.25, 0.3) is 0 Å². The van der Waals surface area contributed by atoms with Gasteiger partial charge in [0.2, 0.25) is 12.0 Å². The summed E-state index contributed by atoms with van der Waals surface area (Å²) >= 11 is 0. The molecule has 1 unspecified atom stereocenters. The second kappa shape index (κ2) is 9.27. The van der Waals surface area contributed by atoms with Crippen molar-refractivity contribution in [1.29, 1.82) is 0 Å². The molecule has 7 rings (SSSR count). The number of rotatable bonds is 6. The fourth-order valence-corrected chi connectivity index (χ4v) is 6.50. The highest BCUT2D eigenvalue weighted by atomic mass is 15.8. The van der Waals surface area contributed by atoms with E-state index in [0.29, 0.717) is 4.59 Å². The molecule has 0 radical (unpaired) electrons. The maximum atomic E-state index is 5.13. The third-order valence-corrected chi connectivity index (χ3v) is 8.73. The molecule has 3 aromatic rings. The zero-order chi connectivity index (χ0) is 25.6. The van der Waals surface area contributed by atoms with Crippen molar-refractivity contribution in [3.8, 4) is 11.3 Å². The largest absolute Gasteiger partial charge is 0.301 e. The first-order chi connectivity index (χ1) is 18.7. The number of allylic oxidation sites excluding steroid dienone is 1. The van der Waals surface area contributed by atoms with Gasteiger partial charge < -0.3 is 4.90 Å². The van der Waals surface area contributed by atoms with Gasteiger partial charge in [-0.3, -0.25) is 9.89 Å². The van der Waals surface area contributed by atoms with Crippen LogP contribution in [0.1, 0.15) is 26.2 Å². The number of hydrogen-bond acceptors (Lipinski definition) is 6. The SMILES string of the molecule is CCN1CCN(C2(N(c3ccc4ccc(-c5ccccc5)nc4c3)[N+]34C=CN=CC3=CN=C4)CCC2)CC1. The van der Waals surface area contributed by atoms with Crippen molar-refractivity contribution in [3.63, 3.8) is 0 Å². The Morgan fingerprint density at radius 2 is 1.76 bits per heavy atom. The Morgan fingerprint density at radius 3 is 2.53 bits per heavy atom.